The molecular weight excluding hydrogens is 403 g/mol. The van der Waals surface area contributed by atoms with Gasteiger partial charge in [0.1, 0.15) is 12.3 Å². The second-order valence-corrected chi connectivity index (χ2v) is 6.41. The Morgan fingerprint density at radius 2 is 1.52 bits per heavy atom. The lowest BCUT2D eigenvalue weighted by Crippen LogP contribution is -1.95. The Hall–Kier alpha value is -0.750. The van der Waals surface area contributed by atoms with Crippen LogP contribution in [-0.2, 0) is 4.74 Å². The normalized spacial score (nSPS) is 17.6. The maximum absolute atomic E-state index is 12.7. The minimum atomic E-state index is -1.26. The van der Waals surface area contributed by atoms with Crippen LogP contribution in [-0.4, -0.2) is 18.3 Å². The molecule has 1 saturated heterocycles. The first-order valence-electron chi connectivity index (χ1n) is 6.47. The summed E-state index contributed by atoms with van der Waals surface area (Å²) in [4.78, 5) is 0. The number of aliphatic hydroxyl groups excluding tert-OH is 1. The topological polar surface area (TPSA) is 32.8 Å². The van der Waals surface area contributed by atoms with Crippen molar-refractivity contribution in [3.8, 4) is 0 Å². The van der Waals surface area contributed by atoms with Crippen LogP contribution in [0.15, 0.2) is 57.5 Å². The van der Waals surface area contributed by atoms with Gasteiger partial charge in [0.2, 0.25) is 0 Å². The predicted molar refractivity (Wildman–Crippen MR) is 87.9 cm³/mol. The van der Waals surface area contributed by atoms with Crippen LogP contribution in [0.5, 0.6) is 0 Å². The average molecular weight is 418 g/mol. The number of benzene rings is 2. The molecule has 21 heavy (non-hydrogen) atoms. The minimum Gasteiger partial charge on any atom is -0.393 e. The molecule has 0 aromatic heterocycles. The van der Waals surface area contributed by atoms with E-state index in [1.165, 1.54) is 5.56 Å². The van der Waals surface area contributed by atoms with Gasteiger partial charge in [0.05, 0.1) is 13.2 Å². The molecule has 0 aliphatic carbocycles. The third-order valence-corrected chi connectivity index (χ3v) is 4.02. The molecule has 3 rings (SSSR count). The van der Waals surface area contributed by atoms with E-state index in [0.717, 1.165) is 15.6 Å². The Balaban J connectivity index is 0.000000154. The summed E-state index contributed by atoms with van der Waals surface area (Å²) < 4.78 is 19.9. The number of aliphatic hydroxyl groups is 1. The Bertz CT molecular complexity index is 553. The zero-order chi connectivity index (χ0) is 15.2. The highest BCUT2D eigenvalue weighted by Gasteiger charge is 2.23. The van der Waals surface area contributed by atoms with Gasteiger partial charge in [-0.1, -0.05) is 56.1 Å². The summed E-state index contributed by atoms with van der Waals surface area (Å²) in [5.41, 5.74) is 1.79. The summed E-state index contributed by atoms with van der Waals surface area (Å²) in [5, 5.41) is 8.47. The van der Waals surface area contributed by atoms with Gasteiger partial charge in [0.15, 0.2) is 0 Å². The summed E-state index contributed by atoms with van der Waals surface area (Å²) >= 11 is 6.61. The molecule has 2 aromatic carbocycles. The van der Waals surface area contributed by atoms with E-state index in [1.807, 2.05) is 12.1 Å². The molecule has 0 amide bonds. The predicted octanol–water partition coefficient (Wildman–Crippen LogP) is 4.97. The lowest BCUT2D eigenvalue weighted by Gasteiger charge is -2.03. The highest BCUT2D eigenvalue weighted by atomic mass is 79.9. The van der Waals surface area contributed by atoms with Gasteiger partial charge in [-0.05, 0) is 35.4 Å². The summed E-state index contributed by atoms with van der Waals surface area (Å²) in [7, 11) is 0. The van der Waals surface area contributed by atoms with Crippen LogP contribution in [0, 0.1) is 0 Å². The van der Waals surface area contributed by atoms with E-state index >= 15 is 0 Å². The first-order valence-corrected chi connectivity index (χ1v) is 8.06. The maximum Gasteiger partial charge on any atom is 0.148 e. The van der Waals surface area contributed by atoms with Gasteiger partial charge in [-0.25, -0.2) is 4.39 Å². The lowest BCUT2D eigenvalue weighted by molar-refractivity contribution is 0.180. The summed E-state index contributed by atoms with van der Waals surface area (Å²) in [6.07, 6.45) is -0.879. The minimum absolute atomic E-state index is 0.382. The number of hydrogen-bond acceptors (Lipinski definition) is 2. The first-order chi connectivity index (χ1) is 10.1. The third kappa shape index (κ3) is 5.51. The van der Waals surface area contributed by atoms with Crippen LogP contribution in [0.25, 0.3) is 0 Å². The Morgan fingerprint density at radius 3 is 1.95 bits per heavy atom. The van der Waals surface area contributed by atoms with E-state index in [0.29, 0.717) is 11.7 Å². The third-order valence-electron chi connectivity index (χ3n) is 2.97. The smallest absolute Gasteiger partial charge is 0.148 e. The van der Waals surface area contributed by atoms with E-state index < -0.39 is 12.8 Å². The van der Waals surface area contributed by atoms with Crippen molar-refractivity contribution >= 4 is 31.9 Å². The molecule has 1 aliphatic heterocycles. The van der Waals surface area contributed by atoms with Crippen LogP contribution in [0.4, 0.5) is 4.39 Å². The van der Waals surface area contributed by atoms with Crippen LogP contribution >= 0.6 is 31.9 Å². The van der Waals surface area contributed by atoms with E-state index in [2.05, 4.69) is 44.0 Å². The van der Waals surface area contributed by atoms with E-state index in [1.54, 1.807) is 24.3 Å². The highest BCUT2D eigenvalue weighted by molar-refractivity contribution is 9.10. The number of alkyl halides is 1. The van der Waals surface area contributed by atoms with Gasteiger partial charge < -0.3 is 9.84 Å². The Kier molecular flexibility index (Phi) is 6.36. The van der Waals surface area contributed by atoms with Gasteiger partial charge >= 0.3 is 0 Å². The molecule has 5 heteroatoms. The molecule has 1 aliphatic rings. The van der Waals surface area contributed by atoms with Crippen molar-refractivity contribution in [2.75, 3.05) is 13.2 Å². The molecule has 0 radical (unpaired) electrons. The van der Waals surface area contributed by atoms with Crippen LogP contribution in [0.1, 0.15) is 23.4 Å². The van der Waals surface area contributed by atoms with Crippen molar-refractivity contribution in [1.82, 2.24) is 0 Å². The molecule has 2 nitrogen and oxygen atoms in total. The number of halogens is 3. The van der Waals surface area contributed by atoms with Crippen molar-refractivity contribution in [3.63, 3.8) is 0 Å². The summed E-state index contributed by atoms with van der Waals surface area (Å²) in [6.45, 7) is 0.434. The van der Waals surface area contributed by atoms with Gasteiger partial charge in [-0.3, -0.25) is 0 Å². The Labute approximate surface area is 140 Å². The lowest BCUT2D eigenvalue weighted by atomic mass is 10.1. The van der Waals surface area contributed by atoms with Crippen LogP contribution < -0.4 is 0 Å². The average Bonchev–Trinajstić information content (AvgIpc) is 3.33. The van der Waals surface area contributed by atoms with Crippen molar-refractivity contribution in [2.45, 2.75) is 12.3 Å². The monoisotopic (exact) mass is 416 g/mol. The van der Waals surface area contributed by atoms with Crippen molar-refractivity contribution < 1.29 is 14.2 Å². The molecular formula is C16H15Br2FO2. The molecule has 1 heterocycles. The number of rotatable bonds is 3. The van der Waals surface area contributed by atoms with E-state index in [-0.39, 0.29) is 0 Å². The van der Waals surface area contributed by atoms with Gasteiger partial charge in [0.25, 0.3) is 0 Å². The van der Waals surface area contributed by atoms with Crippen molar-refractivity contribution in [1.29, 1.82) is 0 Å². The van der Waals surface area contributed by atoms with E-state index in [9.17, 15) is 4.39 Å². The number of hydrogen-bond donors (Lipinski definition) is 1. The van der Waals surface area contributed by atoms with Crippen LogP contribution in [0.3, 0.4) is 0 Å². The maximum atomic E-state index is 12.7. The molecule has 2 aromatic rings. The first kappa shape index (κ1) is 16.6. The van der Waals surface area contributed by atoms with Crippen molar-refractivity contribution in [3.05, 3.63) is 68.6 Å². The molecule has 2 atom stereocenters. The second-order valence-electron chi connectivity index (χ2n) is 4.58. The fraction of sp³-hybridized carbons (Fsp3) is 0.250. The molecule has 0 saturated carbocycles. The quantitative estimate of drug-likeness (QED) is 0.715. The van der Waals surface area contributed by atoms with Gasteiger partial charge in [-0.15, -0.1) is 0 Å². The van der Waals surface area contributed by atoms with Gasteiger partial charge in [-0.2, -0.15) is 0 Å². The number of ether oxygens (including phenoxy) is 1. The summed E-state index contributed by atoms with van der Waals surface area (Å²) in [5.74, 6) is 0. The largest absolute Gasteiger partial charge is 0.393 e. The SMILES string of the molecule is Brc1ccc(C2CO2)cc1.OCC(F)c1ccc(Br)cc1. The van der Waals surface area contributed by atoms with Crippen molar-refractivity contribution in [2.24, 2.45) is 0 Å². The van der Waals surface area contributed by atoms with Gasteiger partial charge in [0, 0.05) is 8.95 Å². The zero-order valence-corrected chi connectivity index (χ0v) is 14.3. The molecule has 112 valence electrons. The fourth-order valence-electron chi connectivity index (χ4n) is 1.70. The molecule has 1 N–H and O–H groups in total. The fourth-order valence-corrected chi connectivity index (χ4v) is 2.22. The van der Waals surface area contributed by atoms with Crippen LogP contribution in [0.2, 0.25) is 0 Å². The highest BCUT2D eigenvalue weighted by Crippen LogP contribution is 2.30. The second kappa shape index (κ2) is 8.03. The summed E-state index contributed by atoms with van der Waals surface area (Å²) in [6, 6.07) is 15.0. The standard InChI is InChI=1S/C8H8BrFO.C8H7BrO/c9-7-3-1-6(2-4-7)8(10)5-11;9-7-3-1-6(2-4-7)8-5-10-8/h1-4,8,11H,5H2;1-4,8H,5H2. The molecule has 2 unspecified atom stereocenters. The number of epoxide rings is 1. The Morgan fingerprint density at radius 1 is 1.05 bits per heavy atom. The zero-order valence-electron chi connectivity index (χ0n) is 11.2. The van der Waals surface area contributed by atoms with E-state index in [4.69, 9.17) is 9.84 Å². The molecule has 0 bridgehead atoms. The molecule has 1 fully saturated rings. The molecule has 0 spiro atoms.